The van der Waals surface area contributed by atoms with Crippen LogP contribution < -0.4 is 10.2 Å². The van der Waals surface area contributed by atoms with E-state index in [2.05, 4.69) is 10.3 Å². The van der Waals surface area contributed by atoms with Gasteiger partial charge in [-0.1, -0.05) is 6.07 Å². The molecular formula is C17H22N4O3S. The van der Waals surface area contributed by atoms with Gasteiger partial charge in [0.15, 0.2) is 0 Å². The van der Waals surface area contributed by atoms with E-state index in [9.17, 15) is 13.2 Å². The lowest BCUT2D eigenvalue weighted by Gasteiger charge is -2.20. The van der Waals surface area contributed by atoms with Crippen molar-refractivity contribution in [2.24, 2.45) is 0 Å². The van der Waals surface area contributed by atoms with Gasteiger partial charge in [-0.3, -0.25) is 4.79 Å². The molecule has 0 saturated carbocycles. The lowest BCUT2D eigenvalue weighted by molar-refractivity contribution is 0.102. The third-order valence-electron chi connectivity index (χ3n) is 3.60. The lowest BCUT2D eigenvalue weighted by Crippen LogP contribution is -2.23. The second-order valence-corrected chi connectivity index (χ2v) is 8.13. The van der Waals surface area contributed by atoms with Crippen molar-refractivity contribution in [1.29, 1.82) is 0 Å². The highest BCUT2D eigenvalue weighted by Crippen LogP contribution is 2.29. The SMILES string of the molecule is Cc1cccc(C(=O)Nc2cc(S(=O)(=O)N(C)C)ccc2N(C)C)n1. The number of aryl methyl sites for hydroxylation is 1. The lowest BCUT2D eigenvalue weighted by atomic mass is 10.2. The summed E-state index contributed by atoms with van der Waals surface area (Å²) in [6.45, 7) is 1.80. The third kappa shape index (κ3) is 4.15. The molecule has 0 bridgehead atoms. The molecule has 0 saturated heterocycles. The molecule has 1 aromatic carbocycles. The first kappa shape index (κ1) is 18.9. The van der Waals surface area contributed by atoms with Gasteiger partial charge in [0.2, 0.25) is 10.0 Å². The average Bonchev–Trinajstić information content (AvgIpc) is 2.54. The van der Waals surface area contributed by atoms with Gasteiger partial charge in [0.05, 0.1) is 16.3 Å². The second kappa shape index (κ2) is 7.20. The van der Waals surface area contributed by atoms with Gasteiger partial charge < -0.3 is 10.2 Å². The molecular weight excluding hydrogens is 340 g/mol. The number of rotatable bonds is 5. The van der Waals surface area contributed by atoms with E-state index < -0.39 is 15.9 Å². The number of hydrogen-bond acceptors (Lipinski definition) is 5. The minimum absolute atomic E-state index is 0.107. The summed E-state index contributed by atoms with van der Waals surface area (Å²) in [6, 6.07) is 9.79. The molecule has 134 valence electrons. The van der Waals surface area contributed by atoms with Crippen LogP contribution in [-0.2, 0) is 10.0 Å². The highest BCUT2D eigenvalue weighted by atomic mass is 32.2. The molecule has 2 rings (SSSR count). The predicted octanol–water partition coefficient (Wildman–Crippen LogP) is 1.96. The van der Waals surface area contributed by atoms with E-state index in [0.29, 0.717) is 11.4 Å². The molecule has 1 N–H and O–H groups in total. The first-order valence-corrected chi connectivity index (χ1v) is 9.06. The Kier molecular flexibility index (Phi) is 5.44. The molecule has 25 heavy (non-hydrogen) atoms. The standard InChI is InChI=1S/C17H22N4O3S/c1-12-7-6-8-14(18-12)17(22)19-15-11-13(25(23,24)21(4)5)9-10-16(15)20(2)3/h6-11H,1-5H3,(H,19,22). The maximum absolute atomic E-state index is 12.5. The number of nitrogens with zero attached hydrogens (tertiary/aromatic N) is 3. The number of carbonyl (C=O) groups excluding carboxylic acids is 1. The van der Waals surface area contributed by atoms with E-state index in [1.165, 1.54) is 26.2 Å². The molecule has 0 atom stereocenters. The van der Waals surface area contributed by atoms with E-state index in [1.807, 2.05) is 14.1 Å². The van der Waals surface area contributed by atoms with Crippen LogP contribution in [0.5, 0.6) is 0 Å². The van der Waals surface area contributed by atoms with Crippen LogP contribution in [0.15, 0.2) is 41.3 Å². The highest BCUT2D eigenvalue weighted by Gasteiger charge is 2.20. The normalized spacial score (nSPS) is 11.4. The van der Waals surface area contributed by atoms with Gasteiger partial charge in [-0.05, 0) is 37.3 Å². The minimum atomic E-state index is -3.60. The molecule has 0 unspecified atom stereocenters. The first-order valence-electron chi connectivity index (χ1n) is 7.62. The van der Waals surface area contributed by atoms with E-state index in [1.54, 1.807) is 36.1 Å². The van der Waals surface area contributed by atoms with Gasteiger partial charge in [0.1, 0.15) is 5.69 Å². The zero-order valence-corrected chi connectivity index (χ0v) is 15.8. The van der Waals surface area contributed by atoms with Crippen molar-refractivity contribution < 1.29 is 13.2 Å². The van der Waals surface area contributed by atoms with E-state index in [0.717, 1.165) is 10.00 Å². The van der Waals surface area contributed by atoms with Crippen LogP contribution in [0, 0.1) is 6.92 Å². The van der Waals surface area contributed by atoms with Crippen LogP contribution in [0.3, 0.4) is 0 Å². The van der Waals surface area contributed by atoms with Gasteiger partial charge in [0, 0.05) is 33.9 Å². The number of amides is 1. The number of nitrogens with one attached hydrogen (secondary N) is 1. The largest absolute Gasteiger partial charge is 0.376 e. The first-order chi connectivity index (χ1) is 11.6. The molecule has 8 heteroatoms. The fourth-order valence-electron chi connectivity index (χ4n) is 2.23. The summed E-state index contributed by atoms with van der Waals surface area (Å²) in [6.07, 6.45) is 0. The zero-order valence-electron chi connectivity index (χ0n) is 14.9. The Hall–Kier alpha value is -2.45. The van der Waals surface area contributed by atoms with Crippen molar-refractivity contribution in [1.82, 2.24) is 9.29 Å². The number of aromatic nitrogens is 1. The molecule has 0 spiro atoms. The fourth-order valence-corrected chi connectivity index (χ4v) is 3.16. The molecule has 0 aliphatic carbocycles. The number of pyridine rings is 1. The van der Waals surface area contributed by atoms with Crippen LogP contribution in [0.25, 0.3) is 0 Å². The summed E-state index contributed by atoms with van der Waals surface area (Å²) >= 11 is 0. The summed E-state index contributed by atoms with van der Waals surface area (Å²) in [5, 5.41) is 2.76. The van der Waals surface area contributed by atoms with E-state index in [4.69, 9.17) is 0 Å². The maximum atomic E-state index is 12.5. The van der Waals surface area contributed by atoms with Crippen LogP contribution >= 0.6 is 0 Å². The second-order valence-electron chi connectivity index (χ2n) is 5.98. The topological polar surface area (TPSA) is 82.6 Å². The molecule has 7 nitrogen and oxygen atoms in total. The van der Waals surface area contributed by atoms with Crippen molar-refractivity contribution in [3.8, 4) is 0 Å². The molecule has 1 aromatic heterocycles. The van der Waals surface area contributed by atoms with Crippen LogP contribution in [0.1, 0.15) is 16.2 Å². The van der Waals surface area contributed by atoms with Crippen molar-refractivity contribution in [3.63, 3.8) is 0 Å². The highest BCUT2D eigenvalue weighted by molar-refractivity contribution is 7.89. The Morgan fingerprint density at radius 1 is 1.08 bits per heavy atom. The minimum Gasteiger partial charge on any atom is -0.376 e. The molecule has 1 amide bonds. The number of benzene rings is 1. The molecule has 0 aliphatic heterocycles. The zero-order chi connectivity index (χ0) is 18.8. The summed E-state index contributed by atoms with van der Waals surface area (Å²) in [4.78, 5) is 18.6. The third-order valence-corrected chi connectivity index (χ3v) is 5.41. The summed E-state index contributed by atoms with van der Waals surface area (Å²) in [7, 11) is 2.95. The summed E-state index contributed by atoms with van der Waals surface area (Å²) < 4.78 is 25.8. The molecule has 1 heterocycles. The summed E-state index contributed by atoms with van der Waals surface area (Å²) in [5.41, 5.74) is 2.09. The Morgan fingerprint density at radius 3 is 2.32 bits per heavy atom. The Labute approximate surface area is 148 Å². The molecule has 2 aromatic rings. The van der Waals surface area contributed by atoms with Gasteiger partial charge in [0.25, 0.3) is 5.91 Å². The smallest absolute Gasteiger partial charge is 0.274 e. The molecule has 0 radical (unpaired) electrons. The van der Waals surface area contributed by atoms with Gasteiger partial charge in [-0.25, -0.2) is 17.7 Å². The van der Waals surface area contributed by atoms with Crippen molar-refractivity contribution in [2.45, 2.75) is 11.8 Å². The van der Waals surface area contributed by atoms with Gasteiger partial charge >= 0.3 is 0 Å². The maximum Gasteiger partial charge on any atom is 0.274 e. The number of carbonyl (C=O) groups is 1. The number of sulfonamides is 1. The van der Waals surface area contributed by atoms with Crippen LogP contribution in [0.2, 0.25) is 0 Å². The fraction of sp³-hybridized carbons (Fsp3) is 0.294. The van der Waals surface area contributed by atoms with Gasteiger partial charge in [-0.15, -0.1) is 0 Å². The summed E-state index contributed by atoms with van der Waals surface area (Å²) in [5.74, 6) is -0.397. The average molecular weight is 362 g/mol. The van der Waals surface area contributed by atoms with Gasteiger partial charge in [-0.2, -0.15) is 0 Å². The van der Waals surface area contributed by atoms with Crippen molar-refractivity contribution in [3.05, 3.63) is 47.8 Å². The van der Waals surface area contributed by atoms with Crippen molar-refractivity contribution >= 4 is 27.3 Å². The quantitative estimate of drug-likeness (QED) is 0.879. The van der Waals surface area contributed by atoms with Crippen LogP contribution in [0.4, 0.5) is 11.4 Å². The van der Waals surface area contributed by atoms with Crippen molar-refractivity contribution in [2.75, 3.05) is 38.4 Å². The molecule has 0 aliphatic rings. The molecule has 0 fully saturated rings. The monoisotopic (exact) mass is 362 g/mol. The van der Waals surface area contributed by atoms with Crippen LogP contribution in [-0.4, -0.2) is 51.8 Å². The Morgan fingerprint density at radius 2 is 1.76 bits per heavy atom. The Bertz CT molecular complexity index is 893. The Balaban J connectivity index is 2.45. The van der Waals surface area contributed by atoms with E-state index in [-0.39, 0.29) is 10.6 Å². The number of hydrogen-bond donors (Lipinski definition) is 1. The number of anilines is 2. The van der Waals surface area contributed by atoms with E-state index >= 15 is 0 Å². The predicted molar refractivity (Wildman–Crippen MR) is 98.6 cm³/mol.